The molecule has 0 aliphatic heterocycles. The fourth-order valence-corrected chi connectivity index (χ4v) is 2.50. The first kappa shape index (κ1) is 11.7. The van der Waals surface area contributed by atoms with Crippen molar-refractivity contribution in [1.29, 1.82) is 0 Å². The molecule has 1 unspecified atom stereocenters. The fraction of sp³-hybridized carbons (Fsp3) is 0.467. The van der Waals surface area contributed by atoms with E-state index in [0.29, 0.717) is 11.3 Å². The minimum Gasteiger partial charge on any atom is -0.0843 e. The summed E-state index contributed by atoms with van der Waals surface area (Å²) < 4.78 is 0. The molecular weight excluding hydrogens is 216 g/mol. The molecule has 0 nitrogen and oxygen atoms in total. The number of hydrogen-bond donors (Lipinski definition) is 0. The van der Waals surface area contributed by atoms with Crippen molar-refractivity contribution in [2.24, 2.45) is 11.3 Å². The van der Waals surface area contributed by atoms with Gasteiger partial charge < -0.3 is 0 Å². The summed E-state index contributed by atoms with van der Waals surface area (Å²) >= 11 is 5.88. The molecule has 0 N–H and O–H groups in total. The molecule has 1 aromatic carbocycles. The molecule has 0 bridgehead atoms. The Labute approximate surface area is 103 Å². The van der Waals surface area contributed by atoms with E-state index >= 15 is 0 Å². The van der Waals surface area contributed by atoms with Crippen molar-refractivity contribution in [3.05, 3.63) is 40.4 Å². The first-order chi connectivity index (χ1) is 7.49. The zero-order chi connectivity index (χ0) is 11.8. The molecule has 1 aliphatic rings. The maximum Gasteiger partial charge on any atom is 0.0406 e. The van der Waals surface area contributed by atoms with E-state index in [1.807, 2.05) is 12.1 Å². The van der Waals surface area contributed by atoms with Crippen LogP contribution in [0.3, 0.4) is 0 Å². The van der Waals surface area contributed by atoms with E-state index in [0.717, 1.165) is 5.02 Å². The first-order valence-corrected chi connectivity index (χ1v) is 6.33. The van der Waals surface area contributed by atoms with Crippen LogP contribution in [0.4, 0.5) is 0 Å². The second kappa shape index (κ2) is 4.25. The SMILES string of the molecule is CC1/C(=C/c2ccc(Cl)cc2)CCC1(C)C. The van der Waals surface area contributed by atoms with Crippen LogP contribution in [0.15, 0.2) is 29.8 Å². The number of hydrogen-bond acceptors (Lipinski definition) is 0. The molecule has 16 heavy (non-hydrogen) atoms. The lowest BCUT2D eigenvalue weighted by atomic mass is 9.82. The summed E-state index contributed by atoms with van der Waals surface area (Å²) in [6.45, 7) is 7.06. The second-order valence-electron chi connectivity index (χ2n) is 5.48. The predicted molar refractivity (Wildman–Crippen MR) is 71.6 cm³/mol. The molecule has 0 saturated heterocycles. The van der Waals surface area contributed by atoms with Crippen molar-refractivity contribution in [2.75, 3.05) is 0 Å². The Morgan fingerprint density at radius 1 is 1.25 bits per heavy atom. The average molecular weight is 235 g/mol. The van der Waals surface area contributed by atoms with Gasteiger partial charge in [0.15, 0.2) is 0 Å². The van der Waals surface area contributed by atoms with Gasteiger partial charge in [0, 0.05) is 5.02 Å². The van der Waals surface area contributed by atoms with Crippen LogP contribution in [0.1, 0.15) is 39.2 Å². The zero-order valence-electron chi connectivity index (χ0n) is 10.3. The maximum absolute atomic E-state index is 5.88. The summed E-state index contributed by atoms with van der Waals surface area (Å²) in [6.07, 6.45) is 4.86. The van der Waals surface area contributed by atoms with Gasteiger partial charge in [-0.05, 0) is 41.9 Å². The highest BCUT2D eigenvalue weighted by molar-refractivity contribution is 6.30. The van der Waals surface area contributed by atoms with E-state index in [4.69, 9.17) is 11.6 Å². The minimum absolute atomic E-state index is 0.457. The van der Waals surface area contributed by atoms with Gasteiger partial charge in [0.05, 0.1) is 0 Å². The molecule has 0 amide bonds. The maximum atomic E-state index is 5.88. The lowest BCUT2D eigenvalue weighted by Gasteiger charge is -2.23. The molecule has 1 atom stereocenters. The van der Waals surface area contributed by atoms with Crippen LogP contribution in [0.25, 0.3) is 6.08 Å². The lowest BCUT2D eigenvalue weighted by molar-refractivity contribution is 0.301. The monoisotopic (exact) mass is 234 g/mol. The van der Waals surface area contributed by atoms with E-state index in [2.05, 4.69) is 39.0 Å². The second-order valence-corrected chi connectivity index (χ2v) is 5.92. The van der Waals surface area contributed by atoms with Gasteiger partial charge in [-0.2, -0.15) is 0 Å². The van der Waals surface area contributed by atoms with Gasteiger partial charge in [-0.15, -0.1) is 0 Å². The smallest absolute Gasteiger partial charge is 0.0406 e. The molecule has 0 spiro atoms. The molecule has 1 fully saturated rings. The summed E-state index contributed by atoms with van der Waals surface area (Å²) in [4.78, 5) is 0. The van der Waals surface area contributed by atoms with Gasteiger partial charge in [-0.25, -0.2) is 0 Å². The number of halogens is 1. The van der Waals surface area contributed by atoms with E-state index in [1.54, 1.807) is 5.57 Å². The minimum atomic E-state index is 0.457. The Morgan fingerprint density at radius 3 is 2.38 bits per heavy atom. The highest BCUT2D eigenvalue weighted by Gasteiger charge is 2.34. The molecule has 0 aromatic heterocycles. The van der Waals surface area contributed by atoms with Crippen LogP contribution in [0.5, 0.6) is 0 Å². The van der Waals surface area contributed by atoms with E-state index < -0.39 is 0 Å². The quantitative estimate of drug-likeness (QED) is 0.628. The summed E-state index contributed by atoms with van der Waals surface area (Å²) in [5, 5.41) is 0.807. The van der Waals surface area contributed by atoms with Gasteiger partial charge in [0.1, 0.15) is 0 Å². The van der Waals surface area contributed by atoms with Crippen LogP contribution in [-0.4, -0.2) is 0 Å². The largest absolute Gasteiger partial charge is 0.0843 e. The fourth-order valence-electron chi connectivity index (χ4n) is 2.37. The molecule has 2 rings (SSSR count). The van der Waals surface area contributed by atoms with Gasteiger partial charge in [0.25, 0.3) is 0 Å². The third kappa shape index (κ3) is 2.32. The number of rotatable bonds is 1. The summed E-state index contributed by atoms with van der Waals surface area (Å²) in [5.41, 5.74) is 3.30. The summed E-state index contributed by atoms with van der Waals surface area (Å²) in [5.74, 6) is 0.683. The van der Waals surface area contributed by atoms with Crippen LogP contribution < -0.4 is 0 Å². The number of allylic oxidation sites excluding steroid dienone is 1. The van der Waals surface area contributed by atoms with Crippen LogP contribution in [0.2, 0.25) is 5.02 Å². The molecule has 1 aromatic rings. The zero-order valence-corrected chi connectivity index (χ0v) is 11.0. The molecule has 1 aliphatic carbocycles. The normalized spacial score (nSPS) is 26.2. The summed E-state index contributed by atoms with van der Waals surface area (Å²) in [7, 11) is 0. The van der Waals surface area contributed by atoms with Crippen molar-refractivity contribution in [3.63, 3.8) is 0 Å². The Kier molecular flexibility index (Phi) is 3.12. The molecule has 1 heteroatoms. The van der Waals surface area contributed by atoms with Crippen molar-refractivity contribution in [3.8, 4) is 0 Å². The summed E-state index contributed by atoms with van der Waals surface area (Å²) in [6, 6.07) is 8.10. The molecule has 0 heterocycles. The van der Waals surface area contributed by atoms with E-state index in [-0.39, 0.29) is 0 Å². The highest BCUT2D eigenvalue weighted by Crippen LogP contribution is 2.46. The first-order valence-electron chi connectivity index (χ1n) is 5.95. The van der Waals surface area contributed by atoms with Crippen LogP contribution >= 0.6 is 11.6 Å². The molecule has 0 radical (unpaired) electrons. The van der Waals surface area contributed by atoms with Gasteiger partial charge in [-0.1, -0.05) is 56.2 Å². The Balaban J connectivity index is 2.23. The van der Waals surface area contributed by atoms with Crippen molar-refractivity contribution in [2.45, 2.75) is 33.6 Å². The highest BCUT2D eigenvalue weighted by atomic mass is 35.5. The van der Waals surface area contributed by atoms with Gasteiger partial charge in [-0.3, -0.25) is 0 Å². The topological polar surface area (TPSA) is 0 Å². The Bertz CT molecular complexity index is 398. The van der Waals surface area contributed by atoms with Crippen molar-refractivity contribution < 1.29 is 0 Å². The van der Waals surface area contributed by atoms with Crippen LogP contribution in [-0.2, 0) is 0 Å². The predicted octanol–water partition coefficient (Wildman–Crippen LogP) is 5.18. The van der Waals surface area contributed by atoms with Crippen LogP contribution in [0, 0.1) is 11.3 Å². The third-order valence-corrected chi connectivity index (χ3v) is 4.26. The van der Waals surface area contributed by atoms with E-state index in [9.17, 15) is 0 Å². The molecule has 86 valence electrons. The van der Waals surface area contributed by atoms with Crippen molar-refractivity contribution >= 4 is 17.7 Å². The molecule has 1 saturated carbocycles. The Hall–Kier alpha value is -0.750. The Morgan fingerprint density at radius 2 is 1.88 bits per heavy atom. The van der Waals surface area contributed by atoms with Gasteiger partial charge in [0.2, 0.25) is 0 Å². The lowest BCUT2D eigenvalue weighted by Crippen LogP contribution is -2.14. The van der Waals surface area contributed by atoms with E-state index in [1.165, 1.54) is 18.4 Å². The molecular formula is C15H19Cl. The third-order valence-electron chi connectivity index (χ3n) is 4.01. The van der Waals surface area contributed by atoms with Gasteiger partial charge >= 0.3 is 0 Å². The van der Waals surface area contributed by atoms with Crippen molar-refractivity contribution in [1.82, 2.24) is 0 Å². The number of benzene rings is 1. The standard InChI is InChI=1S/C15H19Cl/c1-11-13(8-9-15(11,2)3)10-12-4-6-14(16)7-5-12/h4-7,10-11H,8-9H2,1-3H3/b13-10+. The average Bonchev–Trinajstić information content (AvgIpc) is 2.49.